The first kappa shape index (κ1) is 12.0. The van der Waals surface area contributed by atoms with Crippen LogP contribution in [0, 0.1) is 17.8 Å². The Bertz CT molecular complexity index is 239. The standard InChI is InChI=1S/C14H24O2/c1-16-10-11-2-4-12(5-3-11)13-6-8-14(15)9-7-13/h8,11-13,15H,2-7,9-10H2,1H3. The Morgan fingerprint density at radius 2 is 1.94 bits per heavy atom. The molecule has 16 heavy (non-hydrogen) atoms. The van der Waals surface area contributed by atoms with E-state index >= 15 is 0 Å². The van der Waals surface area contributed by atoms with Crippen LogP contribution in [0.4, 0.5) is 0 Å². The molecular formula is C14H24O2. The highest BCUT2D eigenvalue weighted by molar-refractivity contribution is 4.98. The Morgan fingerprint density at radius 3 is 2.50 bits per heavy atom. The van der Waals surface area contributed by atoms with Crippen LogP contribution in [0.1, 0.15) is 44.9 Å². The monoisotopic (exact) mass is 224 g/mol. The number of aliphatic hydroxyl groups is 1. The van der Waals surface area contributed by atoms with E-state index in [1.807, 2.05) is 6.08 Å². The van der Waals surface area contributed by atoms with E-state index in [1.54, 1.807) is 7.11 Å². The number of methoxy groups -OCH3 is 1. The number of rotatable bonds is 3. The Labute approximate surface area is 98.7 Å². The molecule has 0 heterocycles. The molecule has 2 aliphatic rings. The van der Waals surface area contributed by atoms with E-state index < -0.39 is 0 Å². The zero-order valence-electron chi connectivity index (χ0n) is 10.3. The molecule has 0 radical (unpaired) electrons. The fraction of sp³-hybridized carbons (Fsp3) is 0.857. The van der Waals surface area contributed by atoms with Crippen molar-refractivity contribution in [1.29, 1.82) is 0 Å². The summed E-state index contributed by atoms with van der Waals surface area (Å²) < 4.78 is 5.23. The van der Waals surface area contributed by atoms with Crippen molar-refractivity contribution in [2.45, 2.75) is 44.9 Å². The lowest BCUT2D eigenvalue weighted by Gasteiger charge is -2.34. The quantitative estimate of drug-likeness (QED) is 0.792. The topological polar surface area (TPSA) is 29.5 Å². The first-order chi connectivity index (χ1) is 7.79. The number of aliphatic hydroxyl groups excluding tert-OH is 1. The van der Waals surface area contributed by atoms with Gasteiger partial charge in [-0.1, -0.05) is 0 Å². The molecule has 0 amide bonds. The molecule has 1 fully saturated rings. The smallest absolute Gasteiger partial charge is 0.0883 e. The predicted octanol–water partition coefficient (Wildman–Crippen LogP) is 3.68. The SMILES string of the molecule is COCC1CCC(C2CC=C(O)CC2)CC1. The summed E-state index contributed by atoms with van der Waals surface area (Å²) in [5.74, 6) is 3.15. The highest BCUT2D eigenvalue weighted by Gasteiger charge is 2.28. The second-order valence-corrected chi connectivity index (χ2v) is 5.47. The fourth-order valence-electron chi connectivity index (χ4n) is 3.33. The summed E-state index contributed by atoms with van der Waals surface area (Å²) in [7, 11) is 1.81. The summed E-state index contributed by atoms with van der Waals surface area (Å²) in [5.41, 5.74) is 0. The van der Waals surface area contributed by atoms with Gasteiger partial charge in [-0.3, -0.25) is 0 Å². The van der Waals surface area contributed by atoms with Crippen LogP contribution in [-0.4, -0.2) is 18.8 Å². The molecule has 2 aliphatic carbocycles. The van der Waals surface area contributed by atoms with Crippen molar-refractivity contribution in [1.82, 2.24) is 0 Å². The lowest BCUT2D eigenvalue weighted by atomic mass is 9.72. The maximum atomic E-state index is 9.38. The van der Waals surface area contributed by atoms with Crippen molar-refractivity contribution in [3.05, 3.63) is 11.8 Å². The molecule has 0 saturated heterocycles. The number of hydrogen-bond acceptors (Lipinski definition) is 2. The third-order valence-electron chi connectivity index (χ3n) is 4.39. The van der Waals surface area contributed by atoms with Gasteiger partial charge < -0.3 is 9.84 Å². The molecule has 0 spiro atoms. The summed E-state index contributed by atoms with van der Waals surface area (Å²) >= 11 is 0. The van der Waals surface area contributed by atoms with Crippen LogP contribution in [0.3, 0.4) is 0 Å². The molecule has 2 heteroatoms. The Morgan fingerprint density at radius 1 is 1.19 bits per heavy atom. The lowest BCUT2D eigenvalue weighted by molar-refractivity contribution is 0.103. The maximum absolute atomic E-state index is 9.38. The molecule has 0 aromatic heterocycles. The van der Waals surface area contributed by atoms with Crippen LogP contribution >= 0.6 is 0 Å². The van der Waals surface area contributed by atoms with E-state index in [9.17, 15) is 5.11 Å². The highest BCUT2D eigenvalue weighted by atomic mass is 16.5. The van der Waals surface area contributed by atoms with Crippen molar-refractivity contribution < 1.29 is 9.84 Å². The van der Waals surface area contributed by atoms with Gasteiger partial charge in [-0.2, -0.15) is 0 Å². The normalized spacial score (nSPS) is 35.8. The van der Waals surface area contributed by atoms with Crippen LogP contribution in [0.2, 0.25) is 0 Å². The van der Waals surface area contributed by atoms with Gasteiger partial charge in [0.2, 0.25) is 0 Å². The van der Waals surface area contributed by atoms with Crippen LogP contribution in [0.25, 0.3) is 0 Å². The molecular weight excluding hydrogens is 200 g/mol. The van der Waals surface area contributed by atoms with E-state index in [0.717, 1.165) is 37.2 Å². The van der Waals surface area contributed by atoms with E-state index in [2.05, 4.69) is 0 Å². The molecule has 2 nitrogen and oxygen atoms in total. The van der Waals surface area contributed by atoms with Crippen molar-refractivity contribution in [2.24, 2.45) is 17.8 Å². The largest absolute Gasteiger partial charge is 0.513 e. The van der Waals surface area contributed by atoms with Crippen molar-refractivity contribution in [3.63, 3.8) is 0 Å². The first-order valence-electron chi connectivity index (χ1n) is 6.66. The van der Waals surface area contributed by atoms with Gasteiger partial charge >= 0.3 is 0 Å². The number of allylic oxidation sites excluding steroid dienone is 2. The summed E-state index contributed by atoms with van der Waals surface area (Å²) in [6.07, 6.45) is 10.7. The Kier molecular flexibility index (Phi) is 4.28. The Balaban J connectivity index is 1.76. The van der Waals surface area contributed by atoms with Gasteiger partial charge in [0, 0.05) is 20.1 Å². The molecule has 0 aromatic rings. The molecule has 92 valence electrons. The van der Waals surface area contributed by atoms with E-state index in [-0.39, 0.29) is 0 Å². The second-order valence-electron chi connectivity index (χ2n) is 5.47. The minimum atomic E-state index is 0.615. The minimum absolute atomic E-state index is 0.615. The van der Waals surface area contributed by atoms with E-state index in [4.69, 9.17) is 4.74 Å². The summed E-state index contributed by atoms with van der Waals surface area (Å²) in [5, 5.41) is 9.38. The zero-order chi connectivity index (χ0) is 11.4. The van der Waals surface area contributed by atoms with Crippen LogP contribution in [0.5, 0.6) is 0 Å². The lowest BCUT2D eigenvalue weighted by Crippen LogP contribution is -2.24. The van der Waals surface area contributed by atoms with Gasteiger partial charge in [-0.25, -0.2) is 0 Å². The zero-order valence-corrected chi connectivity index (χ0v) is 10.3. The van der Waals surface area contributed by atoms with Crippen molar-refractivity contribution in [3.8, 4) is 0 Å². The second kappa shape index (κ2) is 5.72. The third-order valence-corrected chi connectivity index (χ3v) is 4.39. The first-order valence-corrected chi connectivity index (χ1v) is 6.66. The van der Waals surface area contributed by atoms with E-state index in [1.165, 1.54) is 32.1 Å². The van der Waals surface area contributed by atoms with Crippen molar-refractivity contribution in [2.75, 3.05) is 13.7 Å². The van der Waals surface area contributed by atoms with Gasteiger partial charge in [0.05, 0.1) is 5.76 Å². The van der Waals surface area contributed by atoms with Crippen LogP contribution in [-0.2, 0) is 4.74 Å². The molecule has 1 saturated carbocycles. The van der Waals surface area contributed by atoms with Crippen molar-refractivity contribution >= 4 is 0 Å². The van der Waals surface area contributed by atoms with E-state index in [0.29, 0.717) is 5.76 Å². The molecule has 1 unspecified atom stereocenters. The fourth-order valence-corrected chi connectivity index (χ4v) is 3.33. The summed E-state index contributed by atoms with van der Waals surface area (Å²) in [4.78, 5) is 0. The third kappa shape index (κ3) is 3.00. The van der Waals surface area contributed by atoms with Crippen LogP contribution in [0.15, 0.2) is 11.8 Å². The number of ether oxygens (including phenoxy) is 1. The summed E-state index contributed by atoms with van der Waals surface area (Å²) in [6, 6.07) is 0. The molecule has 1 atom stereocenters. The molecule has 2 rings (SSSR count). The van der Waals surface area contributed by atoms with Crippen LogP contribution < -0.4 is 0 Å². The molecule has 0 bridgehead atoms. The minimum Gasteiger partial charge on any atom is -0.513 e. The average Bonchev–Trinajstić information content (AvgIpc) is 2.32. The summed E-state index contributed by atoms with van der Waals surface area (Å²) in [6.45, 7) is 0.943. The highest BCUT2D eigenvalue weighted by Crippen LogP contribution is 2.39. The molecule has 0 aromatic carbocycles. The maximum Gasteiger partial charge on any atom is 0.0883 e. The predicted molar refractivity (Wildman–Crippen MR) is 65.4 cm³/mol. The van der Waals surface area contributed by atoms with Gasteiger partial charge in [0.15, 0.2) is 0 Å². The molecule has 0 aliphatic heterocycles. The van der Waals surface area contributed by atoms with Gasteiger partial charge in [0.25, 0.3) is 0 Å². The Hall–Kier alpha value is -0.500. The van der Waals surface area contributed by atoms with Gasteiger partial charge in [0.1, 0.15) is 0 Å². The van der Waals surface area contributed by atoms with Gasteiger partial charge in [-0.05, 0) is 62.4 Å². The average molecular weight is 224 g/mol. The van der Waals surface area contributed by atoms with Gasteiger partial charge in [-0.15, -0.1) is 0 Å². The number of hydrogen-bond donors (Lipinski definition) is 1. The molecule has 1 N–H and O–H groups in total.